The van der Waals surface area contributed by atoms with Gasteiger partial charge in [0.25, 0.3) is 0 Å². The zero-order valence-corrected chi connectivity index (χ0v) is 25.0. The van der Waals surface area contributed by atoms with Gasteiger partial charge in [-0.05, 0) is 74.8 Å². The Bertz CT molecular complexity index is 975. The molecule has 0 amide bonds. The highest BCUT2D eigenvalue weighted by Crippen LogP contribution is 2.28. The van der Waals surface area contributed by atoms with Crippen LogP contribution in [0.1, 0.15) is 92.2 Å². The first-order valence-electron chi connectivity index (χ1n) is 14.3. The summed E-state index contributed by atoms with van der Waals surface area (Å²) in [5.74, 6) is 0.723. The molecule has 0 saturated carbocycles. The molecule has 4 nitrogen and oxygen atoms in total. The summed E-state index contributed by atoms with van der Waals surface area (Å²) < 4.78 is 6.21. The Labute approximate surface area is 227 Å². The molecule has 1 saturated heterocycles. The van der Waals surface area contributed by atoms with E-state index in [0.29, 0.717) is 6.04 Å². The highest BCUT2D eigenvalue weighted by Gasteiger charge is 2.24. The van der Waals surface area contributed by atoms with Gasteiger partial charge in [-0.25, -0.2) is 4.98 Å². The van der Waals surface area contributed by atoms with Crippen molar-refractivity contribution in [2.24, 2.45) is 4.99 Å². The summed E-state index contributed by atoms with van der Waals surface area (Å²) >= 11 is 0. The fourth-order valence-electron chi connectivity index (χ4n) is 4.70. The van der Waals surface area contributed by atoms with E-state index in [-0.39, 0.29) is 6.10 Å². The van der Waals surface area contributed by atoms with Crippen molar-refractivity contribution in [1.29, 1.82) is 0 Å². The Kier molecular flexibility index (Phi) is 15.4. The fourth-order valence-corrected chi connectivity index (χ4v) is 4.70. The quantitative estimate of drug-likeness (QED) is 0.319. The van der Waals surface area contributed by atoms with Crippen molar-refractivity contribution in [3.05, 3.63) is 66.0 Å². The second-order valence-electron chi connectivity index (χ2n) is 9.11. The predicted molar refractivity (Wildman–Crippen MR) is 164 cm³/mol. The molecule has 3 rings (SSSR count). The summed E-state index contributed by atoms with van der Waals surface area (Å²) in [4.78, 5) is 11.5. The number of pyridine rings is 1. The van der Waals surface area contributed by atoms with Gasteiger partial charge in [-0.2, -0.15) is 0 Å². The van der Waals surface area contributed by atoms with Crippen LogP contribution in [-0.2, 0) is 0 Å². The minimum Gasteiger partial charge on any atom is -0.474 e. The number of aliphatic imine (C=N–C) groups is 1. The maximum absolute atomic E-state index is 6.21. The van der Waals surface area contributed by atoms with Gasteiger partial charge in [0.05, 0.1) is 0 Å². The lowest BCUT2D eigenvalue weighted by molar-refractivity contribution is 0.0700. The van der Waals surface area contributed by atoms with Crippen LogP contribution in [0.25, 0.3) is 16.7 Å². The van der Waals surface area contributed by atoms with Crippen LogP contribution in [0.15, 0.2) is 59.9 Å². The smallest absolute Gasteiger partial charge is 0.213 e. The van der Waals surface area contributed by atoms with Crippen LogP contribution in [0.2, 0.25) is 0 Å². The lowest BCUT2D eigenvalue weighted by atomic mass is 9.94. The van der Waals surface area contributed by atoms with Crippen LogP contribution < -0.4 is 4.74 Å². The standard InChI is InChI=1S/C29H39N3O.2C2H6/c1-7-25(8-2)32-16-14-26(15-17-32)33-29-13-11-24(19-31-29)23-10-12-27(22(6)18-23)28(21(4)5)20-30-9-3;2*1-2/h9-13,18-20,25-26H,3,7-8,14-17H2,1-2,4-6H3;2*1-2H3. The number of nitrogens with zero attached hydrogens (tertiary/aromatic N) is 3. The molecule has 2 heterocycles. The van der Waals surface area contributed by atoms with Crippen LogP contribution in [0.4, 0.5) is 0 Å². The van der Waals surface area contributed by atoms with Gasteiger partial charge < -0.3 is 9.64 Å². The van der Waals surface area contributed by atoms with Crippen molar-refractivity contribution in [1.82, 2.24) is 9.88 Å². The van der Waals surface area contributed by atoms with Crippen molar-refractivity contribution in [3.8, 4) is 17.0 Å². The monoisotopic (exact) mass is 505 g/mol. The molecule has 37 heavy (non-hydrogen) atoms. The zero-order valence-electron chi connectivity index (χ0n) is 25.0. The molecular weight excluding hydrogens is 454 g/mol. The van der Waals surface area contributed by atoms with Crippen LogP contribution in [0, 0.1) is 6.92 Å². The lowest BCUT2D eigenvalue weighted by Gasteiger charge is -2.36. The summed E-state index contributed by atoms with van der Waals surface area (Å²) in [6.45, 7) is 24.8. The molecule has 4 heteroatoms. The van der Waals surface area contributed by atoms with E-state index in [4.69, 9.17) is 4.74 Å². The summed E-state index contributed by atoms with van der Waals surface area (Å²) in [6.07, 6.45) is 10.2. The van der Waals surface area contributed by atoms with Gasteiger partial charge in [-0.15, -0.1) is 0 Å². The third-order valence-electron chi connectivity index (χ3n) is 6.66. The molecule has 0 unspecified atom stereocenters. The number of likely N-dealkylation sites (tertiary alicyclic amines) is 1. The van der Waals surface area contributed by atoms with Crippen LogP contribution in [0.3, 0.4) is 0 Å². The molecule has 1 aromatic carbocycles. The van der Waals surface area contributed by atoms with Crippen molar-refractivity contribution in [2.75, 3.05) is 13.1 Å². The van der Waals surface area contributed by atoms with Gasteiger partial charge in [-0.1, -0.05) is 71.9 Å². The topological polar surface area (TPSA) is 37.7 Å². The molecule has 204 valence electrons. The van der Waals surface area contributed by atoms with Crippen molar-refractivity contribution in [2.45, 2.75) is 100 Å². The first-order valence-corrected chi connectivity index (χ1v) is 14.3. The molecule has 1 aliphatic heterocycles. The Morgan fingerprint density at radius 2 is 1.68 bits per heavy atom. The van der Waals surface area contributed by atoms with E-state index in [0.717, 1.165) is 48.5 Å². The Morgan fingerprint density at radius 3 is 2.16 bits per heavy atom. The molecule has 1 fully saturated rings. The molecule has 0 bridgehead atoms. The van der Waals surface area contributed by atoms with Crippen molar-refractivity contribution >= 4 is 11.8 Å². The molecule has 2 aromatic rings. The number of rotatable bonds is 9. The fraction of sp³-hybridized carbons (Fsp3) is 0.515. The van der Waals surface area contributed by atoms with Gasteiger partial charge in [0, 0.05) is 49.4 Å². The third kappa shape index (κ3) is 9.59. The Morgan fingerprint density at radius 1 is 1.05 bits per heavy atom. The van der Waals surface area contributed by atoms with Crippen molar-refractivity contribution in [3.63, 3.8) is 0 Å². The minimum atomic E-state index is 0.259. The number of ether oxygens (including phenoxy) is 1. The molecule has 1 aromatic heterocycles. The molecule has 0 spiro atoms. The number of aromatic nitrogens is 1. The van der Waals surface area contributed by atoms with Gasteiger partial charge in [0.2, 0.25) is 5.88 Å². The number of benzene rings is 1. The van der Waals surface area contributed by atoms with Crippen LogP contribution in [0.5, 0.6) is 5.88 Å². The Balaban J connectivity index is 0.00000163. The summed E-state index contributed by atoms with van der Waals surface area (Å²) in [7, 11) is 0. The van der Waals surface area contributed by atoms with E-state index >= 15 is 0 Å². The van der Waals surface area contributed by atoms with Gasteiger partial charge >= 0.3 is 0 Å². The van der Waals surface area contributed by atoms with Gasteiger partial charge in [-0.3, -0.25) is 4.99 Å². The highest BCUT2D eigenvalue weighted by molar-refractivity contribution is 6.11. The number of allylic oxidation sites excluding steroid dienone is 2. The zero-order chi connectivity index (χ0) is 27.8. The van der Waals surface area contributed by atoms with Crippen LogP contribution in [-0.4, -0.2) is 41.3 Å². The average molecular weight is 506 g/mol. The second-order valence-corrected chi connectivity index (χ2v) is 9.11. The Hall–Kier alpha value is -2.72. The number of piperidine rings is 1. The van der Waals surface area contributed by atoms with Gasteiger partial charge in [0.15, 0.2) is 0 Å². The maximum atomic E-state index is 6.21. The molecule has 0 atom stereocenters. The van der Waals surface area contributed by atoms with E-state index in [1.807, 2.05) is 46.2 Å². The molecule has 0 aliphatic carbocycles. The van der Waals surface area contributed by atoms with Crippen molar-refractivity contribution < 1.29 is 4.74 Å². The second kappa shape index (κ2) is 17.7. The first kappa shape index (κ1) is 32.3. The summed E-state index contributed by atoms with van der Waals surface area (Å²) in [6, 6.07) is 11.4. The molecule has 1 aliphatic rings. The SMILES string of the molecule is C=CN=CC(=C(C)C)c1ccc(-c2ccc(OC3CCN(C(CC)CC)CC3)nc2)cc1C.CC.CC. The van der Waals surface area contributed by atoms with E-state index in [2.05, 4.69) is 80.3 Å². The van der Waals surface area contributed by atoms with E-state index in [9.17, 15) is 0 Å². The van der Waals surface area contributed by atoms with E-state index in [1.54, 1.807) is 6.20 Å². The molecular formula is C33H51N3O. The number of aryl methyl sites for hydroxylation is 1. The third-order valence-corrected chi connectivity index (χ3v) is 6.66. The highest BCUT2D eigenvalue weighted by atomic mass is 16.5. The lowest BCUT2D eigenvalue weighted by Crippen LogP contribution is -2.43. The van der Waals surface area contributed by atoms with E-state index in [1.165, 1.54) is 29.5 Å². The minimum absolute atomic E-state index is 0.259. The number of hydrogen-bond acceptors (Lipinski definition) is 4. The maximum Gasteiger partial charge on any atom is 0.213 e. The normalized spacial score (nSPS) is 13.9. The average Bonchev–Trinajstić information content (AvgIpc) is 2.94. The van der Waals surface area contributed by atoms with E-state index < -0.39 is 0 Å². The number of hydrogen-bond donors (Lipinski definition) is 0. The predicted octanol–water partition coefficient (Wildman–Crippen LogP) is 9.15. The first-order chi connectivity index (χ1) is 18.0. The molecule has 0 N–H and O–H groups in total. The summed E-state index contributed by atoms with van der Waals surface area (Å²) in [5.41, 5.74) is 7.02. The largest absolute Gasteiger partial charge is 0.474 e. The molecule has 0 radical (unpaired) electrons. The summed E-state index contributed by atoms with van der Waals surface area (Å²) in [5, 5.41) is 0. The van der Waals surface area contributed by atoms with Crippen LogP contribution >= 0.6 is 0 Å². The van der Waals surface area contributed by atoms with Gasteiger partial charge in [0.1, 0.15) is 6.10 Å².